The van der Waals surface area contributed by atoms with E-state index in [1.807, 2.05) is 91.1 Å². The Bertz CT molecular complexity index is 1590. The van der Waals surface area contributed by atoms with Gasteiger partial charge in [-0.05, 0) is 49.9 Å². The van der Waals surface area contributed by atoms with Crippen LogP contribution in [0.25, 0.3) is 0 Å². The smallest absolute Gasteiger partial charge is 0.255 e. The van der Waals surface area contributed by atoms with Gasteiger partial charge in [0.25, 0.3) is 11.8 Å². The molecular weight excluding hydrogens is 592 g/mol. The maximum absolute atomic E-state index is 13.1. The van der Waals surface area contributed by atoms with Crippen LogP contribution in [0.5, 0.6) is 0 Å². The maximum Gasteiger partial charge on any atom is 0.255 e. The van der Waals surface area contributed by atoms with E-state index >= 15 is 0 Å². The lowest BCUT2D eigenvalue weighted by molar-refractivity contribution is -0.301. The number of hydrogen-bond acceptors (Lipinski definition) is 6. The van der Waals surface area contributed by atoms with Crippen LogP contribution in [0, 0.1) is 0 Å². The molecule has 2 aliphatic carbocycles. The van der Waals surface area contributed by atoms with Crippen molar-refractivity contribution in [1.29, 1.82) is 0 Å². The first-order valence-electron chi connectivity index (χ1n) is 15.0. The summed E-state index contributed by atoms with van der Waals surface area (Å²) in [5.74, 6) is -1.68. The van der Waals surface area contributed by atoms with Gasteiger partial charge >= 0.3 is 0 Å². The first-order chi connectivity index (χ1) is 21.6. The number of fused-ring (bicyclic) bond motifs is 2. The molecule has 0 saturated carbocycles. The number of methoxy groups -OCH3 is 2. The molecule has 2 heterocycles. The second-order valence-corrected chi connectivity index (χ2v) is 12.3. The molecule has 0 fully saturated rings. The van der Waals surface area contributed by atoms with E-state index in [1.165, 1.54) is 14.2 Å². The van der Waals surface area contributed by atoms with Crippen molar-refractivity contribution in [1.82, 2.24) is 9.80 Å². The van der Waals surface area contributed by atoms with Gasteiger partial charge in [0, 0.05) is 38.4 Å². The SMILES string of the molecule is CC(Cl)C(=O)C1(N2Cc3ccccc3C2=O)C=CC=CC1.COC(OC)(C(C)O)C1(N2Cc3ccccc3C2=O)C=CC=CC1. The van der Waals surface area contributed by atoms with E-state index in [9.17, 15) is 19.5 Å². The van der Waals surface area contributed by atoms with Crippen molar-refractivity contribution >= 4 is 29.2 Å². The van der Waals surface area contributed by atoms with Gasteiger partial charge in [-0.25, -0.2) is 0 Å². The van der Waals surface area contributed by atoms with E-state index in [0.717, 1.165) is 11.1 Å². The predicted octanol–water partition coefficient (Wildman–Crippen LogP) is 5.36. The highest BCUT2D eigenvalue weighted by Gasteiger charge is 2.60. The number of carbonyl (C=O) groups is 3. The van der Waals surface area contributed by atoms with Crippen LogP contribution in [0.1, 0.15) is 58.5 Å². The normalized spacial score (nSPS) is 24.7. The minimum Gasteiger partial charge on any atom is -0.388 e. The number of allylic oxidation sites excluding steroid dienone is 4. The van der Waals surface area contributed by atoms with E-state index in [0.29, 0.717) is 37.1 Å². The summed E-state index contributed by atoms with van der Waals surface area (Å²) >= 11 is 6.04. The van der Waals surface area contributed by atoms with E-state index in [2.05, 4.69) is 0 Å². The molecule has 4 unspecified atom stereocenters. The quantitative estimate of drug-likeness (QED) is 0.312. The molecule has 4 atom stereocenters. The molecular formula is C36H39ClN2O6. The molecule has 2 aromatic rings. The van der Waals surface area contributed by atoms with E-state index in [4.69, 9.17) is 21.1 Å². The summed E-state index contributed by atoms with van der Waals surface area (Å²) in [7, 11) is 3.00. The number of halogens is 1. The molecule has 0 aromatic heterocycles. The van der Waals surface area contributed by atoms with Crippen molar-refractivity contribution in [3.05, 3.63) is 119 Å². The molecule has 1 N–H and O–H groups in total. The highest BCUT2D eigenvalue weighted by molar-refractivity contribution is 6.32. The number of ether oxygens (including phenoxy) is 2. The molecule has 45 heavy (non-hydrogen) atoms. The molecule has 4 aliphatic rings. The number of aliphatic hydroxyl groups is 1. The van der Waals surface area contributed by atoms with Gasteiger partial charge in [-0.3, -0.25) is 14.4 Å². The minimum atomic E-state index is -1.37. The average molecular weight is 631 g/mol. The van der Waals surface area contributed by atoms with Crippen LogP contribution in [0.3, 0.4) is 0 Å². The Morgan fingerprint density at radius 2 is 1.33 bits per heavy atom. The standard InChI is InChI=1S/C19H23NO4.C17H16ClNO2/c1-14(21)19(23-2,24-3)18(11-7-4-8-12-18)20-13-15-9-5-6-10-16(15)17(20)22;1-12(18)15(20)17(9-5-2-6-10-17)19-11-13-7-3-4-8-14(13)16(19)21/h4-11,14,21H,12-13H2,1-3H3;2-9,12H,10-11H2,1H3. The zero-order valence-electron chi connectivity index (χ0n) is 26.0. The predicted molar refractivity (Wildman–Crippen MR) is 173 cm³/mol. The van der Waals surface area contributed by atoms with Crippen molar-refractivity contribution in [2.45, 2.75) is 68.1 Å². The number of carbonyl (C=O) groups excluding carboxylic acids is 3. The van der Waals surface area contributed by atoms with Crippen molar-refractivity contribution < 1.29 is 29.0 Å². The number of Topliss-reactive ketones (excluding diaryl/α,β-unsaturated/α-hetero) is 1. The number of benzene rings is 2. The van der Waals surface area contributed by atoms with Crippen LogP contribution < -0.4 is 0 Å². The van der Waals surface area contributed by atoms with Gasteiger partial charge in [-0.1, -0.05) is 85.0 Å². The van der Waals surface area contributed by atoms with Crippen molar-refractivity contribution in [2.24, 2.45) is 0 Å². The number of ketones is 1. The van der Waals surface area contributed by atoms with Gasteiger partial charge in [-0.15, -0.1) is 11.6 Å². The number of alkyl halides is 1. The van der Waals surface area contributed by atoms with Crippen molar-refractivity contribution in [2.75, 3.05) is 14.2 Å². The largest absolute Gasteiger partial charge is 0.388 e. The number of rotatable bonds is 8. The van der Waals surface area contributed by atoms with Gasteiger partial charge in [0.1, 0.15) is 17.2 Å². The van der Waals surface area contributed by atoms with Crippen LogP contribution in [0.4, 0.5) is 0 Å². The molecule has 6 rings (SSSR count). The topological polar surface area (TPSA) is 96.4 Å². The fourth-order valence-electron chi connectivity index (χ4n) is 7.02. The molecule has 0 radical (unpaired) electrons. The van der Waals surface area contributed by atoms with Crippen molar-refractivity contribution in [3.63, 3.8) is 0 Å². The lowest BCUT2D eigenvalue weighted by Crippen LogP contribution is -2.69. The number of aliphatic hydroxyl groups excluding tert-OH is 1. The van der Waals surface area contributed by atoms with Gasteiger partial charge < -0.3 is 24.4 Å². The van der Waals surface area contributed by atoms with E-state index in [-0.39, 0.29) is 17.6 Å². The summed E-state index contributed by atoms with van der Waals surface area (Å²) in [6.45, 7) is 4.18. The minimum absolute atomic E-state index is 0.0790. The summed E-state index contributed by atoms with van der Waals surface area (Å²) in [4.78, 5) is 41.9. The fraction of sp³-hybridized carbons (Fsp3) is 0.361. The molecule has 2 aromatic carbocycles. The Balaban J connectivity index is 0.000000179. The number of nitrogens with zero attached hydrogens (tertiary/aromatic N) is 2. The molecule has 8 nitrogen and oxygen atoms in total. The van der Waals surface area contributed by atoms with E-state index < -0.39 is 28.3 Å². The zero-order valence-corrected chi connectivity index (χ0v) is 26.7. The van der Waals surface area contributed by atoms with Gasteiger partial charge in [0.2, 0.25) is 5.79 Å². The average Bonchev–Trinajstić information content (AvgIpc) is 3.59. The summed E-state index contributed by atoms with van der Waals surface area (Å²) in [6, 6.07) is 15.1. The van der Waals surface area contributed by atoms with Crippen LogP contribution in [-0.2, 0) is 27.4 Å². The van der Waals surface area contributed by atoms with Crippen LogP contribution in [-0.4, -0.2) is 75.1 Å². The van der Waals surface area contributed by atoms with Gasteiger partial charge in [0.05, 0.1) is 5.38 Å². The fourth-order valence-corrected chi connectivity index (χ4v) is 7.21. The Morgan fingerprint density at radius 1 is 0.822 bits per heavy atom. The molecule has 236 valence electrons. The molecule has 2 amide bonds. The number of hydrogen-bond donors (Lipinski definition) is 1. The van der Waals surface area contributed by atoms with Crippen LogP contribution in [0.15, 0.2) is 97.1 Å². The third-order valence-electron chi connectivity index (χ3n) is 9.25. The molecule has 2 aliphatic heterocycles. The monoisotopic (exact) mass is 630 g/mol. The van der Waals surface area contributed by atoms with E-state index in [1.54, 1.807) is 29.7 Å². The van der Waals surface area contributed by atoms with Crippen molar-refractivity contribution in [3.8, 4) is 0 Å². The highest BCUT2D eigenvalue weighted by Crippen LogP contribution is 2.45. The molecule has 9 heteroatoms. The first kappa shape index (κ1) is 32.6. The lowest BCUT2D eigenvalue weighted by Gasteiger charge is -2.53. The van der Waals surface area contributed by atoms with Gasteiger partial charge in [0.15, 0.2) is 5.78 Å². The molecule has 0 bridgehead atoms. The summed E-state index contributed by atoms with van der Waals surface area (Å²) in [5, 5.41) is 9.86. The molecule has 0 spiro atoms. The Hall–Kier alpha value is -3.82. The number of amides is 2. The summed E-state index contributed by atoms with van der Waals surface area (Å²) in [6.07, 6.45) is 15.1. The summed E-state index contributed by atoms with van der Waals surface area (Å²) in [5.41, 5.74) is 1.39. The second kappa shape index (κ2) is 12.9. The Kier molecular flexibility index (Phi) is 9.33. The van der Waals surface area contributed by atoms with Crippen LogP contribution >= 0.6 is 11.6 Å². The third-order valence-corrected chi connectivity index (χ3v) is 9.45. The lowest BCUT2D eigenvalue weighted by atomic mass is 9.78. The maximum atomic E-state index is 13.1. The Labute approximate surface area is 269 Å². The van der Waals surface area contributed by atoms with Gasteiger partial charge in [-0.2, -0.15) is 0 Å². The second-order valence-electron chi connectivity index (χ2n) is 11.7. The summed E-state index contributed by atoms with van der Waals surface area (Å²) < 4.78 is 11.4. The highest BCUT2D eigenvalue weighted by atomic mass is 35.5. The molecule has 0 saturated heterocycles. The van der Waals surface area contributed by atoms with Crippen LogP contribution in [0.2, 0.25) is 0 Å². The first-order valence-corrected chi connectivity index (χ1v) is 15.5. The third kappa shape index (κ3) is 5.29. The zero-order chi connectivity index (χ0) is 32.4. The Morgan fingerprint density at radius 3 is 1.78 bits per heavy atom.